The molecule has 0 atom stereocenters. The van der Waals surface area contributed by atoms with Crippen molar-refractivity contribution in [3.63, 3.8) is 0 Å². The van der Waals surface area contributed by atoms with Crippen LogP contribution in [0.5, 0.6) is 11.5 Å². The largest absolute Gasteiger partial charge is 0.493 e. The molecule has 0 aliphatic heterocycles. The average Bonchev–Trinajstić information content (AvgIpc) is 3.14. The van der Waals surface area contributed by atoms with E-state index < -0.39 is 0 Å². The van der Waals surface area contributed by atoms with Gasteiger partial charge in [0.1, 0.15) is 0 Å². The molecule has 0 unspecified atom stereocenters. The van der Waals surface area contributed by atoms with Gasteiger partial charge in [-0.05, 0) is 42.7 Å². The standard InChI is InChI=1S/C20H29N3O2S/c1-6-16-8-9-17(26-16)14-22-20(21-2)23(3)12-11-15-7-10-18(24-4)19(13-15)25-5/h7-10,13H,6,11-12,14H2,1-5H3,(H,21,22). The third-order valence-electron chi connectivity index (χ3n) is 4.24. The second-order valence-electron chi connectivity index (χ2n) is 5.98. The minimum Gasteiger partial charge on any atom is -0.493 e. The number of likely N-dealkylation sites (N-methyl/N-ethyl adjacent to an activating group) is 1. The number of methoxy groups -OCH3 is 2. The molecule has 1 aromatic carbocycles. The summed E-state index contributed by atoms with van der Waals surface area (Å²) in [5.41, 5.74) is 1.20. The quantitative estimate of drug-likeness (QED) is 0.566. The van der Waals surface area contributed by atoms with E-state index in [1.807, 2.05) is 30.5 Å². The van der Waals surface area contributed by atoms with Gasteiger partial charge in [-0.2, -0.15) is 0 Å². The number of benzene rings is 1. The Morgan fingerprint density at radius 2 is 1.85 bits per heavy atom. The maximum atomic E-state index is 5.38. The highest BCUT2D eigenvalue weighted by molar-refractivity contribution is 7.11. The highest BCUT2D eigenvalue weighted by Gasteiger charge is 2.09. The third kappa shape index (κ3) is 5.39. The number of hydrogen-bond acceptors (Lipinski definition) is 4. The highest BCUT2D eigenvalue weighted by Crippen LogP contribution is 2.27. The topological polar surface area (TPSA) is 46.1 Å². The fourth-order valence-electron chi connectivity index (χ4n) is 2.70. The van der Waals surface area contributed by atoms with Crippen LogP contribution in [-0.2, 0) is 19.4 Å². The fraction of sp³-hybridized carbons (Fsp3) is 0.450. The minimum absolute atomic E-state index is 0.754. The first-order valence-electron chi connectivity index (χ1n) is 8.81. The Kier molecular flexibility index (Phi) is 7.78. The van der Waals surface area contributed by atoms with E-state index in [1.54, 1.807) is 14.2 Å². The van der Waals surface area contributed by atoms with E-state index >= 15 is 0 Å². The number of ether oxygens (including phenoxy) is 2. The first kappa shape index (κ1) is 20.1. The first-order chi connectivity index (χ1) is 12.6. The van der Waals surface area contributed by atoms with Gasteiger partial charge in [0.05, 0.1) is 20.8 Å². The second-order valence-corrected chi connectivity index (χ2v) is 7.24. The van der Waals surface area contributed by atoms with Crippen LogP contribution in [0.2, 0.25) is 0 Å². The molecule has 0 bridgehead atoms. The summed E-state index contributed by atoms with van der Waals surface area (Å²) < 4.78 is 10.7. The molecule has 0 radical (unpaired) electrons. The van der Waals surface area contributed by atoms with E-state index in [-0.39, 0.29) is 0 Å². The highest BCUT2D eigenvalue weighted by atomic mass is 32.1. The molecule has 0 aliphatic rings. The van der Waals surface area contributed by atoms with Crippen LogP contribution in [-0.4, -0.2) is 45.7 Å². The van der Waals surface area contributed by atoms with Gasteiger partial charge >= 0.3 is 0 Å². The fourth-order valence-corrected chi connectivity index (χ4v) is 3.59. The van der Waals surface area contributed by atoms with E-state index in [0.717, 1.165) is 43.4 Å². The van der Waals surface area contributed by atoms with Crippen molar-refractivity contribution in [2.75, 3.05) is 34.9 Å². The van der Waals surface area contributed by atoms with Gasteiger partial charge in [-0.3, -0.25) is 4.99 Å². The zero-order chi connectivity index (χ0) is 18.9. The molecular formula is C20H29N3O2S. The van der Waals surface area contributed by atoms with Crippen LogP contribution in [0.4, 0.5) is 0 Å². The van der Waals surface area contributed by atoms with Gasteiger partial charge < -0.3 is 19.7 Å². The van der Waals surface area contributed by atoms with Gasteiger partial charge in [-0.1, -0.05) is 13.0 Å². The Bertz CT molecular complexity index is 728. The van der Waals surface area contributed by atoms with Crippen LogP contribution in [0.3, 0.4) is 0 Å². The Hall–Kier alpha value is -2.21. The molecule has 142 valence electrons. The maximum Gasteiger partial charge on any atom is 0.193 e. The van der Waals surface area contributed by atoms with Crippen molar-refractivity contribution in [1.29, 1.82) is 0 Å². The van der Waals surface area contributed by atoms with Crippen molar-refractivity contribution < 1.29 is 9.47 Å². The number of rotatable bonds is 8. The lowest BCUT2D eigenvalue weighted by Crippen LogP contribution is -2.39. The predicted octanol–water partition coefficient (Wildman–Crippen LogP) is 3.58. The summed E-state index contributed by atoms with van der Waals surface area (Å²) in [6.45, 7) is 3.85. The smallest absolute Gasteiger partial charge is 0.193 e. The van der Waals surface area contributed by atoms with Crippen molar-refractivity contribution >= 4 is 17.3 Å². The zero-order valence-corrected chi connectivity index (χ0v) is 17.2. The van der Waals surface area contributed by atoms with Crippen molar-refractivity contribution in [2.24, 2.45) is 4.99 Å². The molecular weight excluding hydrogens is 346 g/mol. The molecule has 5 nitrogen and oxygen atoms in total. The Labute approximate surface area is 160 Å². The van der Waals surface area contributed by atoms with Gasteiger partial charge in [-0.15, -0.1) is 11.3 Å². The molecule has 0 saturated heterocycles. The molecule has 2 aromatic rings. The summed E-state index contributed by atoms with van der Waals surface area (Å²) in [6, 6.07) is 10.4. The predicted molar refractivity (Wildman–Crippen MR) is 110 cm³/mol. The monoisotopic (exact) mass is 375 g/mol. The second kappa shape index (κ2) is 10.1. The number of guanidine groups is 1. The van der Waals surface area contributed by atoms with Crippen LogP contribution < -0.4 is 14.8 Å². The van der Waals surface area contributed by atoms with E-state index in [9.17, 15) is 0 Å². The van der Waals surface area contributed by atoms with Gasteiger partial charge in [0.2, 0.25) is 0 Å². The molecule has 1 N–H and O–H groups in total. The minimum atomic E-state index is 0.754. The van der Waals surface area contributed by atoms with E-state index in [4.69, 9.17) is 9.47 Å². The number of nitrogens with zero attached hydrogens (tertiary/aromatic N) is 2. The summed E-state index contributed by atoms with van der Waals surface area (Å²) in [7, 11) is 7.19. The molecule has 0 saturated carbocycles. The normalized spacial score (nSPS) is 11.3. The number of thiophene rings is 1. The summed E-state index contributed by atoms with van der Waals surface area (Å²) in [5.74, 6) is 2.42. The van der Waals surface area contributed by atoms with Crippen LogP contribution in [0.15, 0.2) is 35.3 Å². The maximum absolute atomic E-state index is 5.38. The molecule has 1 aromatic heterocycles. The summed E-state index contributed by atoms with van der Waals surface area (Å²) in [6.07, 6.45) is 1.99. The van der Waals surface area contributed by atoms with Crippen LogP contribution in [0, 0.1) is 0 Å². The van der Waals surface area contributed by atoms with E-state index in [0.29, 0.717) is 0 Å². The lowest BCUT2D eigenvalue weighted by Gasteiger charge is -2.22. The van der Waals surface area contributed by atoms with Gasteiger partial charge in [0, 0.05) is 30.4 Å². The Morgan fingerprint density at radius 3 is 2.46 bits per heavy atom. The number of hydrogen-bond donors (Lipinski definition) is 1. The molecule has 26 heavy (non-hydrogen) atoms. The summed E-state index contributed by atoms with van der Waals surface area (Å²) in [5, 5.41) is 3.44. The number of nitrogens with one attached hydrogen (secondary N) is 1. The van der Waals surface area contributed by atoms with Gasteiger partial charge in [-0.25, -0.2) is 0 Å². The zero-order valence-electron chi connectivity index (χ0n) is 16.3. The molecule has 6 heteroatoms. The van der Waals surface area contributed by atoms with E-state index in [1.165, 1.54) is 15.3 Å². The molecule has 0 amide bonds. The molecule has 0 spiro atoms. The summed E-state index contributed by atoms with van der Waals surface area (Å²) >= 11 is 1.85. The van der Waals surface area contributed by atoms with E-state index in [2.05, 4.69) is 47.4 Å². The average molecular weight is 376 g/mol. The lowest BCUT2D eigenvalue weighted by molar-refractivity contribution is 0.354. The van der Waals surface area contributed by atoms with Crippen molar-refractivity contribution in [2.45, 2.75) is 26.3 Å². The van der Waals surface area contributed by atoms with Crippen LogP contribution in [0.25, 0.3) is 0 Å². The number of aliphatic imine (C=N–C) groups is 1. The van der Waals surface area contributed by atoms with Crippen molar-refractivity contribution in [1.82, 2.24) is 10.2 Å². The number of aryl methyl sites for hydroxylation is 1. The third-order valence-corrected chi connectivity index (χ3v) is 5.47. The van der Waals surface area contributed by atoms with Gasteiger partial charge in [0.15, 0.2) is 17.5 Å². The molecule has 1 heterocycles. The SMILES string of the molecule is CCc1ccc(CNC(=NC)N(C)CCc2ccc(OC)c(OC)c2)s1. The summed E-state index contributed by atoms with van der Waals surface area (Å²) in [4.78, 5) is 9.28. The Morgan fingerprint density at radius 1 is 1.12 bits per heavy atom. The lowest BCUT2D eigenvalue weighted by atomic mass is 10.1. The van der Waals surface area contributed by atoms with Crippen LogP contribution >= 0.6 is 11.3 Å². The van der Waals surface area contributed by atoms with Crippen molar-refractivity contribution in [3.8, 4) is 11.5 Å². The van der Waals surface area contributed by atoms with Gasteiger partial charge in [0.25, 0.3) is 0 Å². The van der Waals surface area contributed by atoms with Crippen molar-refractivity contribution in [3.05, 3.63) is 45.6 Å². The molecule has 0 fully saturated rings. The Balaban J connectivity index is 1.89. The molecule has 0 aliphatic carbocycles. The first-order valence-corrected chi connectivity index (χ1v) is 9.63. The van der Waals surface area contributed by atoms with Crippen LogP contribution in [0.1, 0.15) is 22.2 Å². The molecule has 2 rings (SSSR count).